The molecule has 18 heavy (non-hydrogen) atoms. The Balaban J connectivity index is 2.10. The Kier molecular flexibility index (Phi) is 3.80. The van der Waals surface area contributed by atoms with Gasteiger partial charge in [0.25, 0.3) is 0 Å². The molecule has 0 radical (unpaired) electrons. The van der Waals surface area contributed by atoms with E-state index in [4.69, 9.17) is 10.5 Å². The Labute approximate surface area is 104 Å². The van der Waals surface area contributed by atoms with Crippen LogP contribution in [0.2, 0.25) is 0 Å². The molecule has 0 aromatic heterocycles. The number of nitrogens with two attached hydrogens (primary N) is 1. The highest BCUT2D eigenvalue weighted by Crippen LogP contribution is 2.33. The number of halogens is 3. The first-order valence-electron chi connectivity index (χ1n) is 6.04. The predicted octanol–water partition coefficient (Wildman–Crippen LogP) is 3.21. The highest BCUT2D eigenvalue weighted by molar-refractivity contribution is 5.30. The van der Waals surface area contributed by atoms with Crippen molar-refractivity contribution in [1.82, 2.24) is 0 Å². The third kappa shape index (κ3) is 2.96. The van der Waals surface area contributed by atoms with Gasteiger partial charge < -0.3 is 10.5 Å². The predicted molar refractivity (Wildman–Crippen MR) is 62.3 cm³/mol. The Morgan fingerprint density at radius 2 is 2.06 bits per heavy atom. The van der Waals surface area contributed by atoms with Crippen LogP contribution in [-0.2, 0) is 6.18 Å². The second kappa shape index (κ2) is 5.18. The molecular formula is C13H16F3NO. The van der Waals surface area contributed by atoms with E-state index in [0.29, 0.717) is 6.54 Å². The first-order valence-corrected chi connectivity index (χ1v) is 6.04. The van der Waals surface area contributed by atoms with Crippen molar-refractivity contribution in [2.75, 3.05) is 6.54 Å². The van der Waals surface area contributed by atoms with Gasteiger partial charge >= 0.3 is 6.18 Å². The number of hydrogen-bond donors (Lipinski definition) is 1. The summed E-state index contributed by atoms with van der Waals surface area (Å²) >= 11 is 0. The Morgan fingerprint density at radius 3 is 2.72 bits per heavy atom. The smallest absolute Gasteiger partial charge is 0.416 e. The largest absolute Gasteiger partial charge is 0.490 e. The zero-order valence-corrected chi connectivity index (χ0v) is 9.91. The highest BCUT2D eigenvalue weighted by atomic mass is 19.4. The zero-order chi connectivity index (χ0) is 13.2. The lowest BCUT2D eigenvalue weighted by molar-refractivity contribution is -0.137. The Bertz CT molecular complexity index is 405. The maximum atomic E-state index is 12.5. The summed E-state index contributed by atoms with van der Waals surface area (Å²) in [5.74, 6) is 0.523. The van der Waals surface area contributed by atoms with Crippen LogP contribution in [0.1, 0.15) is 24.8 Å². The summed E-state index contributed by atoms with van der Waals surface area (Å²) < 4.78 is 43.3. The van der Waals surface area contributed by atoms with E-state index < -0.39 is 11.7 Å². The fourth-order valence-corrected chi connectivity index (χ4v) is 2.35. The number of ether oxygens (including phenoxy) is 1. The molecule has 0 unspecified atom stereocenters. The molecule has 0 saturated heterocycles. The first-order chi connectivity index (χ1) is 8.50. The summed E-state index contributed by atoms with van der Waals surface area (Å²) in [5, 5.41) is 0. The fraction of sp³-hybridized carbons (Fsp3) is 0.538. The van der Waals surface area contributed by atoms with Gasteiger partial charge in [-0.05, 0) is 44.0 Å². The van der Waals surface area contributed by atoms with Crippen molar-refractivity contribution >= 4 is 0 Å². The Hall–Kier alpha value is -1.23. The standard InChI is InChI=1S/C13H16F3NO/c14-13(15,16)10-4-2-5-11(7-10)18-12-6-1-3-9(12)8-17/h2,4-5,7,9,12H,1,3,6,8,17H2/t9-,12-/m1/s1. The van der Waals surface area contributed by atoms with Gasteiger partial charge in [0.15, 0.2) is 0 Å². The van der Waals surface area contributed by atoms with E-state index in [-0.39, 0.29) is 17.8 Å². The van der Waals surface area contributed by atoms with Crippen LogP contribution in [0.15, 0.2) is 24.3 Å². The van der Waals surface area contributed by atoms with Crippen LogP contribution < -0.4 is 10.5 Å². The van der Waals surface area contributed by atoms with Crippen molar-refractivity contribution in [1.29, 1.82) is 0 Å². The minimum absolute atomic E-state index is 0.0570. The second-order valence-electron chi connectivity index (χ2n) is 4.61. The van der Waals surface area contributed by atoms with E-state index in [0.717, 1.165) is 31.4 Å². The molecule has 2 rings (SSSR count). The molecule has 1 aromatic carbocycles. The molecule has 1 saturated carbocycles. The van der Waals surface area contributed by atoms with Gasteiger partial charge in [-0.25, -0.2) is 0 Å². The van der Waals surface area contributed by atoms with Crippen LogP contribution in [0.4, 0.5) is 13.2 Å². The summed E-state index contributed by atoms with van der Waals surface area (Å²) in [6.07, 6.45) is -1.52. The average Bonchev–Trinajstić information content (AvgIpc) is 2.75. The molecule has 100 valence electrons. The van der Waals surface area contributed by atoms with Gasteiger partial charge in [0.05, 0.1) is 5.56 Å². The van der Waals surface area contributed by atoms with E-state index in [1.165, 1.54) is 6.07 Å². The number of rotatable bonds is 3. The molecular weight excluding hydrogens is 243 g/mol. The molecule has 0 bridgehead atoms. The topological polar surface area (TPSA) is 35.2 Å². The number of hydrogen-bond acceptors (Lipinski definition) is 2. The van der Waals surface area contributed by atoms with Crippen LogP contribution in [0.3, 0.4) is 0 Å². The minimum Gasteiger partial charge on any atom is -0.490 e. The first kappa shape index (κ1) is 13.2. The molecule has 0 heterocycles. The summed E-state index contributed by atoms with van der Waals surface area (Å²) in [4.78, 5) is 0. The van der Waals surface area contributed by atoms with Crippen LogP contribution in [-0.4, -0.2) is 12.6 Å². The highest BCUT2D eigenvalue weighted by Gasteiger charge is 2.32. The number of benzene rings is 1. The van der Waals surface area contributed by atoms with Gasteiger partial charge in [0, 0.05) is 5.92 Å². The third-order valence-electron chi connectivity index (χ3n) is 3.34. The molecule has 0 amide bonds. The monoisotopic (exact) mass is 259 g/mol. The van der Waals surface area contributed by atoms with Gasteiger partial charge in [-0.1, -0.05) is 6.07 Å². The quantitative estimate of drug-likeness (QED) is 0.904. The zero-order valence-electron chi connectivity index (χ0n) is 9.91. The molecule has 0 aliphatic heterocycles. The summed E-state index contributed by atoms with van der Waals surface area (Å²) in [5.41, 5.74) is 4.94. The lowest BCUT2D eigenvalue weighted by atomic mass is 10.1. The lowest BCUT2D eigenvalue weighted by Gasteiger charge is -2.20. The van der Waals surface area contributed by atoms with Gasteiger partial charge in [0.1, 0.15) is 11.9 Å². The van der Waals surface area contributed by atoms with Gasteiger partial charge in [0.2, 0.25) is 0 Å². The summed E-state index contributed by atoms with van der Waals surface area (Å²) in [7, 11) is 0. The average molecular weight is 259 g/mol. The minimum atomic E-state index is -4.33. The molecule has 2 atom stereocenters. The SMILES string of the molecule is NC[C@H]1CCC[C@H]1Oc1cccc(C(F)(F)F)c1. The molecule has 1 aliphatic rings. The second-order valence-corrected chi connectivity index (χ2v) is 4.61. The van der Waals surface area contributed by atoms with E-state index in [1.807, 2.05) is 0 Å². The third-order valence-corrected chi connectivity index (χ3v) is 3.34. The van der Waals surface area contributed by atoms with Crippen molar-refractivity contribution < 1.29 is 17.9 Å². The van der Waals surface area contributed by atoms with E-state index in [2.05, 4.69) is 0 Å². The molecule has 0 spiro atoms. The molecule has 1 fully saturated rings. The fourth-order valence-electron chi connectivity index (χ4n) is 2.35. The van der Waals surface area contributed by atoms with Crippen molar-refractivity contribution in [2.45, 2.75) is 31.5 Å². The van der Waals surface area contributed by atoms with Crippen molar-refractivity contribution in [3.8, 4) is 5.75 Å². The van der Waals surface area contributed by atoms with Crippen molar-refractivity contribution in [3.05, 3.63) is 29.8 Å². The van der Waals surface area contributed by atoms with Gasteiger partial charge in [-0.2, -0.15) is 13.2 Å². The van der Waals surface area contributed by atoms with Crippen molar-refractivity contribution in [3.63, 3.8) is 0 Å². The van der Waals surface area contributed by atoms with Gasteiger partial charge in [-0.3, -0.25) is 0 Å². The maximum Gasteiger partial charge on any atom is 0.416 e. The summed E-state index contributed by atoms with van der Waals surface area (Å²) in [6.45, 7) is 0.517. The number of alkyl halides is 3. The summed E-state index contributed by atoms with van der Waals surface area (Å²) in [6, 6.07) is 5.01. The van der Waals surface area contributed by atoms with Crippen LogP contribution in [0.5, 0.6) is 5.75 Å². The van der Waals surface area contributed by atoms with Crippen molar-refractivity contribution in [2.24, 2.45) is 11.7 Å². The normalized spacial score (nSPS) is 24.2. The van der Waals surface area contributed by atoms with E-state index >= 15 is 0 Å². The molecule has 2 nitrogen and oxygen atoms in total. The van der Waals surface area contributed by atoms with Crippen LogP contribution in [0.25, 0.3) is 0 Å². The van der Waals surface area contributed by atoms with Crippen LogP contribution in [0, 0.1) is 5.92 Å². The van der Waals surface area contributed by atoms with Crippen LogP contribution >= 0.6 is 0 Å². The molecule has 1 aromatic rings. The maximum absolute atomic E-state index is 12.5. The lowest BCUT2D eigenvalue weighted by Crippen LogP contribution is -2.27. The Morgan fingerprint density at radius 1 is 1.28 bits per heavy atom. The molecule has 2 N–H and O–H groups in total. The molecule has 1 aliphatic carbocycles. The van der Waals surface area contributed by atoms with E-state index in [1.54, 1.807) is 6.07 Å². The van der Waals surface area contributed by atoms with Gasteiger partial charge in [-0.15, -0.1) is 0 Å². The van der Waals surface area contributed by atoms with E-state index in [9.17, 15) is 13.2 Å². The molecule has 5 heteroatoms.